The van der Waals surface area contributed by atoms with Crippen LogP contribution in [0.5, 0.6) is 0 Å². The van der Waals surface area contributed by atoms with Crippen molar-refractivity contribution in [3.05, 3.63) is 24.2 Å². The van der Waals surface area contributed by atoms with Crippen molar-refractivity contribution >= 4 is 17.8 Å². The highest BCUT2D eigenvalue weighted by molar-refractivity contribution is 5.91. The van der Waals surface area contributed by atoms with Crippen LogP contribution >= 0.6 is 0 Å². The molecule has 1 aromatic rings. The Kier molecular flexibility index (Phi) is 3.87. The second-order valence-electron chi connectivity index (χ2n) is 5.85. The summed E-state index contributed by atoms with van der Waals surface area (Å²) in [7, 11) is 0. The van der Waals surface area contributed by atoms with E-state index < -0.39 is 11.9 Å². The third-order valence-electron chi connectivity index (χ3n) is 4.07. The summed E-state index contributed by atoms with van der Waals surface area (Å²) in [5.74, 6) is -1.12. The molecule has 0 bridgehead atoms. The largest absolute Gasteiger partial charge is 0.480 e. The van der Waals surface area contributed by atoms with E-state index in [1.54, 1.807) is 23.3 Å². The van der Waals surface area contributed by atoms with Gasteiger partial charge in [-0.05, 0) is 25.0 Å². The molecular weight excluding hydrogens is 288 g/mol. The molecule has 1 atom stereocenters. The van der Waals surface area contributed by atoms with Gasteiger partial charge in [-0.1, -0.05) is 0 Å². The van der Waals surface area contributed by atoms with Crippen molar-refractivity contribution in [2.75, 3.05) is 13.1 Å². The van der Waals surface area contributed by atoms with Gasteiger partial charge >= 0.3 is 5.97 Å². The lowest BCUT2D eigenvalue weighted by molar-refractivity contribution is -0.146. The second kappa shape index (κ2) is 5.82. The van der Waals surface area contributed by atoms with Crippen LogP contribution in [0.3, 0.4) is 0 Å². The number of amides is 2. The predicted octanol–water partition coefficient (Wildman–Crippen LogP) is 0.704. The molecule has 1 aromatic heterocycles. The van der Waals surface area contributed by atoms with Gasteiger partial charge in [0.25, 0.3) is 0 Å². The van der Waals surface area contributed by atoms with E-state index in [4.69, 9.17) is 9.52 Å². The van der Waals surface area contributed by atoms with Crippen LogP contribution < -0.4 is 0 Å². The van der Waals surface area contributed by atoms with Gasteiger partial charge in [0.1, 0.15) is 12.3 Å². The molecule has 2 fully saturated rings. The number of likely N-dealkylation sites (tertiary alicyclic amines) is 1. The van der Waals surface area contributed by atoms with Gasteiger partial charge in [-0.25, -0.2) is 0 Å². The smallest absolute Gasteiger partial charge is 0.323 e. The Morgan fingerprint density at radius 2 is 2.18 bits per heavy atom. The number of nitrogens with zero attached hydrogens (tertiary/aromatic N) is 2. The fourth-order valence-corrected chi connectivity index (χ4v) is 2.83. The summed E-state index contributed by atoms with van der Waals surface area (Å²) in [6.45, 7) is 0.381. The maximum Gasteiger partial charge on any atom is 0.323 e. The van der Waals surface area contributed by atoms with Crippen LogP contribution in [-0.2, 0) is 20.9 Å². The van der Waals surface area contributed by atoms with Crippen molar-refractivity contribution in [1.82, 2.24) is 9.80 Å². The molecular formula is C15H18N2O5. The third-order valence-corrected chi connectivity index (χ3v) is 4.07. The van der Waals surface area contributed by atoms with Crippen LogP contribution in [0, 0.1) is 5.92 Å². The van der Waals surface area contributed by atoms with E-state index in [9.17, 15) is 14.4 Å². The van der Waals surface area contributed by atoms with E-state index in [0.29, 0.717) is 18.8 Å². The summed E-state index contributed by atoms with van der Waals surface area (Å²) in [6, 6.07) is 3.56. The number of carbonyl (C=O) groups is 3. The highest BCUT2D eigenvalue weighted by Crippen LogP contribution is 2.30. The molecule has 0 aromatic carbocycles. The fraction of sp³-hybridized carbons (Fsp3) is 0.533. The average molecular weight is 306 g/mol. The van der Waals surface area contributed by atoms with E-state index in [2.05, 4.69) is 0 Å². The van der Waals surface area contributed by atoms with Gasteiger partial charge in [0, 0.05) is 19.0 Å². The summed E-state index contributed by atoms with van der Waals surface area (Å²) in [5.41, 5.74) is 0. The first-order valence-corrected chi connectivity index (χ1v) is 7.37. The van der Waals surface area contributed by atoms with Crippen LogP contribution in [0.15, 0.2) is 22.8 Å². The molecule has 0 radical (unpaired) electrons. The number of carboxylic acid groups (broad SMARTS) is 1. The summed E-state index contributed by atoms with van der Waals surface area (Å²) < 4.78 is 5.22. The third kappa shape index (κ3) is 3.13. The van der Waals surface area contributed by atoms with Crippen LogP contribution in [0.4, 0.5) is 0 Å². The van der Waals surface area contributed by atoms with E-state index >= 15 is 0 Å². The van der Waals surface area contributed by atoms with Crippen molar-refractivity contribution in [1.29, 1.82) is 0 Å². The molecule has 0 spiro atoms. The Bertz CT molecular complexity index is 579. The number of hydrogen-bond donors (Lipinski definition) is 1. The minimum atomic E-state index is -1.02. The monoisotopic (exact) mass is 306 g/mol. The summed E-state index contributed by atoms with van der Waals surface area (Å²) >= 11 is 0. The van der Waals surface area contributed by atoms with E-state index in [-0.39, 0.29) is 30.8 Å². The zero-order valence-corrected chi connectivity index (χ0v) is 12.1. The minimum Gasteiger partial charge on any atom is -0.480 e. The Balaban J connectivity index is 1.63. The summed E-state index contributed by atoms with van der Waals surface area (Å²) in [5, 5.41) is 8.94. The van der Waals surface area contributed by atoms with Crippen molar-refractivity contribution in [2.24, 2.45) is 5.92 Å². The van der Waals surface area contributed by atoms with Crippen molar-refractivity contribution in [2.45, 2.75) is 31.8 Å². The molecule has 118 valence electrons. The van der Waals surface area contributed by atoms with Crippen LogP contribution in [0.1, 0.15) is 25.0 Å². The van der Waals surface area contributed by atoms with E-state index in [0.717, 1.165) is 12.8 Å². The average Bonchev–Trinajstić information content (AvgIpc) is 3.07. The number of carboxylic acids is 1. The number of furan rings is 1. The Labute approximate surface area is 127 Å². The Hall–Kier alpha value is -2.31. The lowest BCUT2D eigenvalue weighted by Gasteiger charge is -2.23. The molecule has 0 unspecified atom stereocenters. The van der Waals surface area contributed by atoms with Crippen LogP contribution in [0.25, 0.3) is 0 Å². The first kappa shape index (κ1) is 14.6. The summed E-state index contributed by atoms with van der Waals surface area (Å²) in [4.78, 5) is 38.5. The quantitative estimate of drug-likeness (QED) is 0.835. The highest BCUT2D eigenvalue weighted by atomic mass is 16.4. The Morgan fingerprint density at radius 1 is 1.41 bits per heavy atom. The molecule has 1 saturated heterocycles. The van der Waals surface area contributed by atoms with Crippen molar-refractivity contribution in [3.63, 3.8) is 0 Å². The number of carbonyl (C=O) groups excluding carboxylic acids is 2. The first-order chi connectivity index (χ1) is 10.5. The van der Waals surface area contributed by atoms with Crippen LogP contribution in [0.2, 0.25) is 0 Å². The molecule has 2 aliphatic rings. The first-order valence-electron chi connectivity index (χ1n) is 7.37. The molecule has 7 nitrogen and oxygen atoms in total. The standard InChI is InChI=1S/C15H18N2O5/c18-13-6-10(7-16(13)8-12-2-1-5-22-12)15(21)17(9-14(19)20)11-3-4-11/h1-2,5,10-11H,3-4,6-9H2,(H,19,20)/t10-/m0/s1. The molecule has 2 amide bonds. The maximum absolute atomic E-state index is 12.5. The van der Waals surface area contributed by atoms with Gasteiger partial charge in [0.15, 0.2) is 0 Å². The molecule has 2 heterocycles. The molecule has 1 aliphatic carbocycles. The van der Waals surface area contributed by atoms with Gasteiger partial charge in [0.05, 0.1) is 18.7 Å². The zero-order valence-electron chi connectivity index (χ0n) is 12.1. The lowest BCUT2D eigenvalue weighted by atomic mass is 10.1. The Morgan fingerprint density at radius 3 is 2.77 bits per heavy atom. The second-order valence-corrected chi connectivity index (χ2v) is 5.85. The lowest BCUT2D eigenvalue weighted by Crippen LogP contribution is -2.42. The topological polar surface area (TPSA) is 91.1 Å². The fourth-order valence-electron chi connectivity index (χ4n) is 2.83. The summed E-state index contributed by atoms with van der Waals surface area (Å²) in [6.07, 6.45) is 3.37. The molecule has 3 rings (SSSR count). The zero-order chi connectivity index (χ0) is 15.7. The molecule has 1 aliphatic heterocycles. The SMILES string of the molecule is O=C(O)CN(C(=O)[C@H]1CC(=O)N(Cc2ccco2)C1)C1CC1. The number of hydrogen-bond acceptors (Lipinski definition) is 4. The van der Waals surface area contributed by atoms with Crippen LogP contribution in [-0.4, -0.2) is 51.8 Å². The highest BCUT2D eigenvalue weighted by Gasteiger charge is 2.41. The van der Waals surface area contributed by atoms with E-state index in [1.807, 2.05) is 0 Å². The minimum absolute atomic E-state index is 0.0258. The van der Waals surface area contributed by atoms with Gasteiger partial charge in [-0.2, -0.15) is 0 Å². The van der Waals surface area contributed by atoms with Gasteiger partial charge in [-0.3, -0.25) is 14.4 Å². The molecule has 22 heavy (non-hydrogen) atoms. The van der Waals surface area contributed by atoms with Crippen molar-refractivity contribution < 1.29 is 23.9 Å². The molecule has 1 saturated carbocycles. The molecule has 7 heteroatoms. The normalized spacial score (nSPS) is 21.2. The number of rotatable bonds is 6. The van der Waals surface area contributed by atoms with Crippen molar-refractivity contribution in [3.8, 4) is 0 Å². The van der Waals surface area contributed by atoms with Gasteiger partial charge in [-0.15, -0.1) is 0 Å². The predicted molar refractivity (Wildman–Crippen MR) is 74.6 cm³/mol. The molecule has 1 N–H and O–H groups in total. The van der Waals surface area contributed by atoms with Gasteiger partial charge < -0.3 is 19.3 Å². The number of aliphatic carboxylic acids is 1. The maximum atomic E-state index is 12.5. The van der Waals surface area contributed by atoms with Gasteiger partial charge in [0.2, 0.25) is 11.8 Å². The van der Waals surface area contributed by atoms with E-state index in [1.165, 1.54) is 4.90 Å².